The summed E-state index contributed by atoms with van der Waals surface area (Å²) in [5, 5.41) is 3.42. The molecule has 0 radical (unpaired) electrons. The molecule has 7 heteroatoms. The van der Waals surface area contributed by atoms with E-state index in [0.717, 1.165) is 42.1 Å². The maximum Gasteiger partial charge on any atom is 0.317 e. The highest BCUT2D eigenvalue weighted by Crippen LogP contribution is 2.29. The van der Waals surface area contributed by atoms with E-state index in [2.05, 4.69) is 16.4 Å². The number of oxazole rings is 1. The zero-order chi connectivity index (χ0) is 20.2. The highest BCUT2D eigenvalue weighted by atomic mass is 32.2. The first-order valence-corrected chi connectivity index (χ1v) is 10.6. The predicted molar refractivity (Wildman–Crippen MR) is 111 cm³/mol. The van der Waals surface area contributed by atoms with Gasteiger partial charge in [-0.3, -0.25) is 9.59 Å². The van der Waals surface area contributed by atoms with E-state index in [4.69, 9.17) is 9.15 Å². The summed E-state index contributed by atoms with van der Waals surface area (Å²) in [6.45, 7) is 1.59. The second-order valence-electron chi connectivity index (χ2n) is 7.02. The Labute approximate surface area is 173 Å². The number of carbonyl (C=O) groups is 2. The van der Waals surface area contributed by atoms with Gasteiger partial charge in [0.2, 0.25) is 0 Å². The van der Waals surface area contributed by atoms with Crippen LogP contribution in [0, 0.1) is 0 Å². The highest BCUT2D eigenvalue weighted by Gasteiger charge is 2.25. The van der Waals surface area contributed by atoms with E-state index in [9.17, 15) is 9.59 Å². The summed E-state index contributed by atoms with van der Waals surface area (Å²) in [5.74, 6) is -0.743. The summed E-state index contributed by atoms with van der Waals surface area (Å²) < 4.78 is 10.9. The number of nitrogens with one attached hydrogen (secondary N) is 1. The molecule has 0 saturated carbocycles. The fourth-order valence-electron chi connectivity index (χ4n) is 3.51. The molecule has 2 atom stereocenters. The van der Waals surface area contributed by atoms with Gasteiger partial charge in [-0.25, -0.2) is 4.98 Å². The third-order valence-corrected chi connectivity index (χ3v) is 5.75. The van der Waals surface area contributed by atoms with Crippen LogP contribution < -0.4 is 5.32 Å². The maximum absolute atomic E-state index is 12.5. The fraction of sp³-hybridized carbons (Fsp3) is 0.318. The Bertz CT molecular complexity index is 999. The van der Waals surface area contributed by atoms with Crippen molar-refractivity contribution in [1.82, 2.24) is 10.3 Å². The Balaban J connectivity index is 1.29. The molecule has 6 nitrogen and oxygen atoms in total. The average Bonchev–Trinajstić information content (AvgIpc) is 3.15. The summed E-state index contributed by atoms with van der Waals surface area (Å²) in [5.41, 5.74) is 3.83. The van der Waals surface area contributed by atoms with Crippen LogP contribution in [0.3, 0.4) is 0 Å². The Morgan fingerprint density at radius 2 is 2.03 bits per heavy atom. The monoisotopic (exact) mass is 410 g/mol. The number of carbonyl (C=O) groups excluding carboxylic acids is 2. The van der Waals surface area contributed by atoms with Crippen molar-refractivity contribution < 1.29 is 18.7 Å². The summed E-state index contributed by atoms with van der Waals surface area (Å²) in [7, 11) is 0. The van der Waals surface area contributed by atoms with E-state index in [1.807, 2.05) is 42.5 Å². The lowest BCUT2D eigenvalue weighted by Crippen LogP contribution is -2.39. The molecule has 1 heterocycles. The number of fused-ring (bicyclic) bond motifs is 2. The molecule has 0 saturated heterocycles. The first kappa shape index (κ1) is 19.5. The average molecular weight is 410 g/mol. The van der Waals surface area contributed by atoms with Gasteiger partial charge in [0.1, 0.15) is 11.3 Å². The number of benzene rings is 2. The minimum absolute atomic E-state index is 0.0245. The second-order valence-corrected chi connectivity index (χ2v) is 7.95. The Kier molecular flexibility index (Phi) is 5.85. The molecule has 1 N–H and O–H groups in total. The van der Waals surface area contributed by atoms with Crippen LogP contribution in [0.1, 0.15) is 36.9 Å². The highest BCUT2D eigenvalue weighted by molar-refractivity contribution is 7.99. The van der Waals surface area contributed by atoms with E-state index in [1.165, 1.54) is 5.56 Å². The van der Waals surface area contributed by atoms with Gasteiger partial charge in [0.05, 0.1) is 6.04 Å². The minimum Gasteiger partial charge on any atom is -0.452 e. The van der Waals surface area contributed by atoms with Gasteiger partial charge in [0, 0.05) is 0 Å². The van der Waals surface area contributed by atoms with Crippen LogP contribution in [0.5, 0.6) is 0 Å². The van der Waals surface area contributed by atoms with E-state index in [1.54, 1.807) is 6.92 Å². The van der Waals surface area contributed by atoms with Crippen molar-refractivity contribution in [2.45, 2.75) is 43.6 Å². The number of ether oxygens (including phenoxy) is 1. The molecule has 1 aliphatic carbocycles. The summed E-state index contributed by atoms with van der Waals surface area (Å²) in [6.07, 6.45) is 2.08. The van der Waals surface area contributed by atoms with E-state index < -0.39 is 12.1 Å². The number of thioether (sulfide) groups is 1. The predicted octanol–water partition coefficient (Wildman–Crippen LogP) is 4.05. The normalized spacial score (nSPS) is 16.8. The molecule has 0 fully saturated rings. The van der Waals surface area contributed by atoms with Crippen molar-refractivity contribution in [3.05, 3.63) is 59.7 Å². The second kappa shape index (κ2) is 8.69. The van der Waals surface area contributed by atoms with E-state index in [0.29, 0.717) is 10.8 Å². The minimum atomic E-state index is -0.860. The summed E-state index contributed by atoms with van der Waals surface area (Å²) in [6, 6.07) is 15.5. The lowest BCUT2D eigenvalue weighted by atomic mass is 9.87. The molecular formula is C22H22N2O4S. The number of para-hydroxylation sites is 2. The van der Waals surface area contributed by atoms with Gasteiger partial charge >= 0.3 is 5.97 Å². The molecule has 0 unspecified atom stereocenters. The Morgan fingerprint density at radius 3 is 2.90 bits per heavy atom. The van der Waals surface area contributed by atoms with Crippen LogP contribution in [-0.4, -0.2) is 28.7 Å². The first-order chi connectivity index (χ1) is 14.1. The van der Waals surface area contributed by atoms with Crippen LogP contribution in [0.25, 0.3) is 11.1 Å². The van der Waals surface area contributed by atoms with Crippen molar-refractivity contribution in [2.24, 2.45) is 0 Å². The summed E-state index contributed by atoms with van der Waals surface area (Å²) >= 11 is 1.15. The lowest BCUT2D eigenvalue weighted by molar-refractivity contribution is -0.152. The molecule has 1 amide bonds. The quantitative estimate of drug-likeness (QED) is 0.488. The molecule has 3 aromatic rings. The van der Waals surface area contributed by atoms with Gasteiger partial charge < -0.3 is 14.5 Å². The number of hydrogen-bond donors (Lipinski definition) is 1. The van der Waals surface area contributed by atoms with Crippen LogP contribution in [-0.2, 0) is 20.7 Å². The van der Waals surface area contributed by atoms with Crippen LogP contribution in [0.2, 0.25) is 0 Å². The zero-order valence-electron chi connectivity index (χ0n) is 16.1. The first-order valence-electron chi connectivity index (χ1n) is 9.66. The van der Waals surface area contributed by atoms with Crippen molar-refractivity contribution >= 4 is 34.7 Å². The summed E-state index contributed by atoms with van der Waals surface area (Å²) in [4.78, 5) is 29.0. The number of rotatable bonds is 6. The van der Waals surface area contributed by atoms with Crippen LogP contribution >= 0.6 is 11.8 Å². The van der Waals surface area contributed by atoms with Crippen molar-refractivity contribution in [1.29, 1.82) is 0 Å². The zero-order valence-corrected chi connectivity index (χ0v) is 16.9. The van der Waals surface area contributed by atoms with Gasteiger partial charge in [0.25, 0.3) is 11.1 Å². The van der Waals surface area contributed by atoms with Crippen molar-refractivity contribution in [3.63, 3.8) is 0 Å². The molecule has 0 aliphatic heterocycles. The van der Waals surface area contributed by atoms with Crippen LogP contribution in [0.4, 0.5) is 0 Å². The van der Waals surface area contributed by atoms with Gasteiger partial charge in [-0.2, -0.15) is 0 Å². The molecular weight excluding hydrogens is 388 g/mol. The standard InChI is InChI=1S/C22H22N2O4S/c1-14(21(26)23-17-11-6-8-15-7-2-3-9-16(15)17)27-20(25)13-29-22-24-18-10-4-5-12-19(18)28-22/h2-5,7,9-10,12,14,17H,6,8,11,13H2,1H3,(H,23,26)/t14-,17+/m0/s1. The largest absolute Gasteiger partial charge is 0.452 e. The molecule has 1 aromatic heterocycles. The van der Waals surface area contributed by atoms with Crippen molar-refractivity contribution in [3.8, 4) is 0 Å². The Morgan fingerprint density at radius 1 is 1.24 bits per heavy atom. The molecule has 29 heavy (non-hydrogen) atoms. The lowest BCUT2D eigenvalue weighted by Gasteiger charge is -2.27. The SMILES string of the molecule is C[C@H](OC(=O)CSc1nc2ccccc2o1)C(=O)N[C@@H]1CCCc2ccccc21. The van der Waals surface area contributed by atoms with Gasteiger partial charge in [-0.1, -0.05) is 48.2 Å². The van der Waals surface area contributed by atoms with Gasteiger partial charge in [-0.05, 0) is 49.4 Å². The number of aromatic nitrogens is 1. The van der Waals surface area contributed by atoms with Crippen LogP contribution in [0.15, 0.2) is 58.2 Å². The molecule has 150 valence electrons. The van der Waals surface area contributed by atoms with Gasteiger partial charge in [-0.15, -0.1) is 0 Å². The smallest absolute Gasteiger partial charge is 0.317 e. The molecule has 1 aliphatic rings. The molecule has 0 spiro atoms. The number of nitrogens with zero attached hydrogens (tertiary/aromatic N) is 1. The van der Waals surface area contributed by atoms with E-state index >= 15 is 0 Å². The Hall–Kier alpha value is -2.80. The van der Waals surface area contributed by atoms with Gasteiger partial charge in [0.15, 0.2) is 11.7 Å². The van der Waals surface area contributed by atoms with Crippen molar-refractivity contribution in [2.75, 3.05) is 5.75 Å². The molecule has 0 bridgehead atoms. The number of hydrogen-bond acceptors (Lipinski definition) is 6. The number of aryl methyl sites for hydroxylation is 1. The van der Waals surface area contributed by atoms with E-state index in [-0.39, 0.29) is 17.7 Å². The third-order valence-electron chi connectivity index (χ3n) is 4.95. The maximum atomic E-state index is 12.5. The third kappa shape index (κ3) is 4.62. The molecule has 4 rings (SSSR count). The number of amides is 1. The number of esters is 1. The topological polar surface area (TPSA) is 81.4 Å². The molecule has 2 aromatic carbocycles. The fourth-order valence-corrected chi connectivity index (χ4v) is 4.13.